The Hall–Kier alpha value is -1.21. The molecule has 8 heteroatoms. The van der Waals surface area contributed by atoms with E-state index < -0.39 is 19.1 Å². The summed E-state index contributed by atoms with van der Waals surface area (Å²) < 4.78 is 25.3. The van der Waals surface area contributed by atoms with Gasteiger partial charge in [-0.25, -0.2) is 18.7 Å². The molecule has 1 rings (SSSR count). The number of nitrogens with two attached hydrogens (primary N) is 1. The fraction of sp³-hybridized carbons (Fsp3) is 0.429. The van der Waals surface area contributed by atoms with E-state index in [1.165, 1.54) is 0 Å². The van der Waals surface area contributed by atoms with Crippen LogP contribution in [0.5, 0.6) is 0 Å². The highest BCUT2D eigenvalue weighted by atomic mass is 35.5. The number of rotatable bonds is 4. The van der Waals surface area contributed by atoms with Gasteiger partial charge in [-0.3, -0.25) is 0 Å². The molecule has 1 aromatic heterocycles. The van der Waals surface area contributed by atoms with Crippen LogP contribution in [-0.2, 0) is 0 Å². The molecule has 0 radical (unpaired) electrons. The van der Waals surface area contributed by atoms with Gasteiger partial charge in [0, 0.05) is 0 Å². The first-order valence-electron chi connectivity index (χ1n) is 3.95. The molecule has 84 valence electrons. The predicted octanol–water partition coefficient (Wildman–Crippen LogP) is 0.752. The maximum Gasteiger partial charge on any atom is 0.287 e. The second kappa shape index (κ2) is 4.54. The van der Waals surface area contributed by atoms with Crippen LogP contribution in [-0.4, -0.2) is 34.1 Å². The lowest BCUT2D eigenvalue weighted by Gasteiger charge is -2.14. The van der Waals surface area contributed by atoms with Crippen LogP contribution < -0.4 is 11.1 Å². The van der Waals surface area contributed by atoms with Crippen molar-refractivity contribution in [3.63, 3.8) is 0 Å². The monoisotopic (exact) mass is 238 g/mol. The molecule has 0 fully saturated rings. The van der Waals surface area contributed by atoms with Gasteiger partial charge in [0.1, 0.15) is 23.8 Å². The fourth-order valence-electron chi connectivity index (χ4n) is 0.776. The van der Waals surface area contributed by atoms with Crippen molar-refractivity contribution in [2.45, 2.75) is 5.92 Å². The van der Waals surface area contributed by atoms with Crippen LogP contribution in [0.4, 0.5) is 20.4 Å². The SMILES string of the molecule is Nc1ncnc(NCC(F)(F)CO)c1Cl. The number of hydrogen-bond acceptors (Lipinski definition) is 5. The smallest absolute Gasteiger partial charge is 0.287 e. The lowest BCUT2D eigenvalue weighted by atomic mass is 10.3. The van der Waals surface area contributed by atoms with Crippen LogP contribution in [0.2, 0.25) is 5.02 Å². The largest absolute Gasteiger partial charge is 0.390 e. The number of nitrogen functional groups attached to an aromatic ring is 1. The maximum atomic E-state index is 12.6. The molecule has 1 heterocycles. The van der Waals surface area contributed by atoms with E-state index in [9.17, 15) is 8.78 Å². The summed E-state index contributed by atoms with van der Waals surface area (Å²) in [5.74, 6) is -3.22. The molecule has 0 saturated heterocycles. The summed E-state index contributed by atoms with van der Waals surface area (Å²) >= 11 is 5.65. The standard InChI is InChI=1S/C7H9ClF2N4O/c8-4-5(11)13-3-14-6(4)12-1-7(9,10)2-15/h3,15H,1-2H2,(H3,11,12,13,14). The molecular weight excluding hydrogens is 230 g/mol. The van der Waals surface area contributed by atoms with Gasteiger partial charge in [0.25, 0.3) is 5.92 Å². The van der Waals surface area contributed by atoms with Crippen LogP contribution in [0, 0.1) is 0 Å². The molecule has 0 aliphatic carbocycles. The number of anilines is 2. The highest BCUT2D eigenvalue weighted by Crippen LogP contribution is 2.24. The number of hydrogen-bond donors (Lipinski definition) is 3. The molecule has 0 aliphatic heterocycles. The Kier molecular flexibility index (Phi) is 3.59. The number of aromatic nitrogens is 2. The second-order valence-corrected chi connectivity index (χ2v) is 3.17. The zero-order valence-electron chi connectivity index (χ0n) is 7.54. The third kappa shape index (κ3) is 3.14. The van der Waals surface area contributed by atoms with E-state index in [0.717, 1.165) is 6.33 Å². The molecule has 0 bridgehead atoms. The fourth-order valence-corrected chi connectivity index (χ4v) is 0.940. The summed E-state index contributed by atoms with van der Waals surface area (Å²) in [6.07, 6.45) is 1.10. The Morgan fingerprint density at radius 1 is 1.53 bits per heavy atom. The molecule has 0 unspecified atom stereocenters. The van der Waals surface area contributed by atoms with Crippen molar-refractivity contribution < 1.29 is 13.9 Å². The minimum atomic E-state index is -3.23. The predicted molar refractivity (Wildman–Crippen MR) is 52.0 cm³/mol. The third-order valence-corrected chi connectivity index (χ3v) is 1.93. The number of alkyl halides is 2. The molecule has 4 N–H and O–H groups in total. The van der Waals surface area contributed by atoms with Crippen molar-refractivity contribution in [2.24, 2.45) is 0 Å². The maximum absolute atomic E-state index is 12.6. The molecule has 15 heavy (non-hydrogen) atoms. The van der Waals surface area contributed by atoms with Crippen molar-refractivity contribution in [3.8, 4) is 0 Å². The normalized spacial score (nSPS) is 11.5. The Morgan fingerprint density at radius 2 is 2.20 bits per heavy atom. The lowest BCUT2D eigenvalue weighted by Crippen LogP contribution is -2.31. The first kappa shape index (κ1) is 11.9. The third-order valence-electron chi connectivity index (χ3n) is 1.56. The quantitative estimate of drug-likeness (QED) is 0.721. The number of halogens is 3. The summed E-state index contributed by atoms with van der Waals surface area (Å²) in [5.41, 5.74) is 5.33. The summed E-state index contributed by atoms with van der Waals surface area (Å²) in [6, 6.07) is 0. The van der Waals surface area contributed by atoms with Gasteiger partial charge in [0.15, 0.2) is 5.82 Å². The van der Waals surface area contributed by atoms with Crippen molar-refractivity contribution in [1.82, 2.24) is 9.97 Å². The summed E-state index contributed by atoms with van der Waals surface area (Å²) in [4.78, 5) is 7.19. The van der Waals surface area contributed by atoms with Crippen molar-refractivity contribution >= 4 is 23.2 Å². The molecule has 1 aromatic rings. The second-order valence-electron chi connectivity index (χ2n) is 2.79. The van der Waals surface area contributed by atoms with Gasteiger partial charge in [-0.1, -0.05) is 11.6 Å². The summed E-state index contributed by atoms with van der Waals surface area (Å²) in [6.45, 7) is -2.03. The van der Waals surface area contributed by atoms with E-state index in [1.807, 2.05) is 0 Å². The van der Waals surface area contributed by atoms with Gasteiger partial charge in [-0.15, -0.1) is 0 Å². The van der Waals surface area contributed by atoms with Crippen LogP contribution in [0.25, 0.3) is 0 Å². The van der Waals surface area contributed by atoms with Gasteiger partial charge in [-0.2, -0.15) is 0 Å². The first-order valence-corrected chi connectivity index (χ1v) is 4.32. The molecule has 0 aliphatic rings. The average Bonchev–Trinajstić information content (AvgIpc) is 2.20. The molecule has 5 nitrogen and oxygen atoms in total. The number of nitrogens with zero attached hydrogens (tertiary/aromatic N) is 2. The average molecular weight is 239 g/mol. The van der Waals surface area contributed by atoms with Crippen LogP contribution >= 0.6 is 11.6 Å². The molecule has 0 atom stereocenters. The molecule has 0 amide bonds. The van der Waals surface area contributed by atoms with E-state index >= 15 is 0 Å². The highest BCUT2D eigenvalue weighted by molar-refractivity contribution is 6.35. The van der Waals surface area contributed by atoms with E-state index in [4.69, 9.17) is 22.4 Å². The number of aliphatic hydroxyl groups is 1. The molecule has 0 aromatic carbocycles. The molecule has 0 saturated carbocycles. The zero-order valence-corrected chi connectivity index (χ0v) is 8.30. The van der Waals surface area contributed by atoms with Crippen molar-refractivity contribution in [1.29, 1.82) is 0 Å². The Labute approximate surface area is 89.3 Å². The van der Waals surface area contributed by atoms with Gasteiger partial charge in [0.05, 0.1) is 6.54 Å². The Morgan fingerprint density at radius 3 is 2.80 bits per heavy atom. The minimum absolute atomic E-state index is 0.00137. The zero-order chi connectivity index (χ0) is 11.5. The molecular formula is C7H9ClF2N4O. The Bertz CT molecular complexity index is 350. The van der Waals surface area contributed by atoms with E-state index in [0.29, 0.717) is 0 Å². The Balaban J connectivity index is 2.70. The van der Waals surface area contributed by atoms with Gasteiger partial charge in [-0.05, 0) is 0 Å². The lowest BCUT2D eigenvalue weighted by molar-refractivity contribution is -0.0373. The van der Waals surface area contributed by atoms with E-state index in [2.05, 4.69) is 15.3 Å². The van der Waals surface area contributed by atoms with E-state index in [1.54, 1.807) is 0 Å². The molecule has 0 spiro atoms. The van der Waals surface area contributed by atoms with Crippen LogP contribution in [0.15, 0.2) is 6.33 Å². The van der Waals surface area contributed by atoms with Crippen LogP contribution in [0.1, 0.15) is 0 Å². The number of nitrogens with one attached hydrogen (secondary N) is 1. The van der Waals surface area contributed by atoms with Gasteiger partial charge < -0.3 is 16.2 Å². The van der Waals surface area contributed by atoms with Crippen molar-refractivity contribution in [3.05, 3.63) is 11.3 Å². The van der Waals surface area contributed by atoms with Gasteiger partial charge >= 0.3 is 0 Å². The summed E-state index contributed by atoms with van der Waals surface area (Å²) in [5, 5.41) is 10.6. The minimum Gasteiger partial charge on any atom is -0.390 e. The van der Waals surface area contributed by atoms with Gasteiger partial charge in [0.2, 0.25) is 0 Å². The topological polar surface area (TPSA) is 84.1 Å². The van der Waals surface area contributed by atoms with E-state index in [-0.39, 0.29) is 16.7 Å². The first-order chi connectivity index (χ1) is 6.96. The van der Waals surface area contributed by atoms with Crippen LogP contribution in [0.3, 0.4) is 0 Å². The number of aliphatic hydroxyl groups excluding tert-OH is 1. The summed E-state index contributed by atoms with van der Waals surface area (Å²) in [7, 11) is 0. The highest BCUT2D eigenvalue weighted by Gasteiger charge is 2.27. The van der Waals surface area contributed by atoms with Crippen molar-refractivity contribution in [2.75, 3.05) is 24.2 Å².